The molecule has 0 spiro atoms. The zero-order valence-corrected chi connectivity index (χ0v) is 15.5. The summed E-state index contributed by atoms with van der Waals surface area (Å²) in [6.45, 7) is 4.14. The molecule has 0 saturated carbocycles. The van der Waals surface area contributed by atoms with E-state index >= 15 is 0 Å². The van der Waals surface area contributed by atoms with E-state index in [1.54, 1.807) is 12.1 Å². The van der Waals surface area contributed by atoms with Crippen LogP contribution >= 0.6 is 0 Å². The number of benzene rings is 1. The number of hydrogen-bond donors (Lipinski definition) is 1. The van der Waals surface area contributed by atoms with Crippen LogP contribution in [0.5, 0.6) is 0 Å². The maximum atomic E-state index is 12.4. The van der Waals surface area contributed by atoms with Crippen LogP contribution in [0.1, 0.15) is 19.4 Å². The van der Waals surface area contributed by atoms with Crippen molar-refractivity contribution in [3.8, 4) is 0 Å². The molecular weight excluding hydrogens is 362 g/mol. The van der Waals surface area contributed by atoms with Crippen LogP contribution in [0.3, 0.4) is 0 Å². The second kappa shape index (κ2) is 8.43. The first-order valence-electron chi connectivity index (χ1n) is 7.91. The Labute approximate surface area is 152 Å². The average molecular weight is 383 g/mol. The fourth-order valence-corrected chi connectivity index (χ4v) is 3.36. The van der Waals surface area contributed by atoms with Gasteiger partial charge in [-0.15, -0.1) is 0 Å². The number of nitrogens with one attached hydrogen (secondary N) is 1. The Balaban J connectivity index is 2.12. The third-order valence-electron chi connectivity index (χ3n) is 3.52. The normalized spacial score (nSPS) is 22.7. The number of sulfonamides is 1. The van der Waals surface area contributed by atoms with Crippen LogP contribution < -0.4 is 4.72 Å². The van der Waals surface area contributed by atoms with E-state index in [1.807, 2.05) is 6.92 Å². The average Bonchev–Trinajstić information content (AvgIpc) is 2.54. The molecule has 3 atom stereocenters. The van der Waals surface area contributed by atoms with Gasteiger partial charge in [0.1, 0.15) is 25.0 Å². The van der Waals surface area contributed by atoms with Gasteiger partial charge in [0.05, 0.1) is 4.90 Å². The maximum absolute atomic E-state index is 12.4. The lowest BCUT2D eigenvalue weighted by molar-refractivity contribution is -0.163. The molecule has 26 heavy (non-hydrogen) atoms. The molecule has 1 heterocycles. The van der Waals surface area contributed by atoms with Crippen molar-refractivity contribution in [2.75, 3.05) is 6.61 Å². The quantitative estimate of drug-likeness (QED) is 0.578. The molecule has 0 aromatic heterocycles. The molecule has 0 amide bonds. The lowest BCUT2D eigenvalue weighted by atomic mass is 10.1. The van der Waals surface area contributed by atoms with E-state index in [-0.39, 0.29) is 11.5 Å². The van der Waals surface area contributed by atoms with Gasteiger partial charge in [0, 0.05) is 13.8 Å². The number of esters is 2. The molecule has 0 fully saturated rings. The molecule has 2 rings (SSSR count). The standard InChI is InChI=1S/C17H21NO7S/c1-11-4-6-14(7-5-11)26(21,22)18-17-9-8-15(24-13(3)20)16(25-17)10-23-12(2)19/h4-9,15-18H,10H2,1-3H3/t15-,16+,17-/m0/s1. The van der Waals surface area contributed by atoms with Gasteiger partial charge in [-0.05, 0) is 31.2 Å². The van der Waals surface area contributed by atoms with Gasteiger partial charge >= 0.3 is 11.9 Å². The predicted octanol–water partition coefficient (Wildman–Crippen LogP) is 1.05. The molecule has 0 radical (unpaired) electrons. The largest absolute Gasteiger partial charge is 0.463 e. The summed E-state index contributed by atoms with van der Waals surface area (Å²) in [5.74, 6) is -1.06. The van der Waals surface area contributed by atoms with Crippen LogP contribution in [0.25, 0.3) is 0 Å². The smallest absolute Gasteiger partial charge is 0.303 e. The van der Waals surface area contributed by atoms with Crippen LogP contribution in [-0.2, 0) is 33.8 Å². The minimum absolute atomic E-state index is 0.0961. The monoisotopic (exact) mass is 383 g/mol. The van der Waals surface area contributed by atoms with Gasteiger partial charge in [-0.3, -0.25) is 9.59 Å². The van der Waals surface area contributed by atoms with Gasteiger partial charge in [-0.25, -0.2) is 8.42 Å². The van der Waals surface area contributed by atoms with Crippen molar-refractivity contribution in [3.63, 3.8) is 0 Å². The van der Waals surface area contributed by atoms with Gasteiger partial charge < -0.3 is 14.2 Å². The van der Waals surface area contributed by atoms with Gasteiger partial charge in [-0.1, -0.05) is 17.7 Å². The van der Waals surface area contributed by atoms with Gasteiger partial charge in [0.15, 0.2) is 0 Å². The fourth-order valence-electron chi connectivity index (χ4n) is 2.29. The van der Waals surface area contributed by atoms with Crippen LogP contribution in [0.15, 0.2) is 41.3 Å². The highest BCUT2D eigenvalue weighted by atomic mass is 32.2. The predicted molar refractivity (Wildman–Crippen MR) is 91.5 cm³/mol. The van der Waals surface area contributed by atoms with Crippen molar-refractivity contribution in [1.29, 1.82) is 0 Å². The minimum Gasteiger partial charge on any atom is -0.463 e. The van der Waals surface area contributed by atoms with Crippen molar-refractivity contribution in [3.05, 3.63) is 42.0 Å². The summed E-state index contributed by atoms with van der Waals surface area (Å²) in [5.41, 5.74) is 0.934. The first kappa shape index (κ1) is 20.1. The topological polar surface area (TPSA) is 108 Å². The van der Waals surface area contributed by atoms with E-state index < -0.39 is 40.4 Å². The molecule has 1 aromatic carbocycles. The lowest BCUT2D eigenvalue weighted by Crippen LogP contribution is -2.47. The van der Waals surface area contributed by atoms with Crippen LogP contribution in [0.4, 0.5) is 0 Å². The number of carbonyl (C=O) groups excluding carboxylic acids is 2. The summed E-state index contributed by atoms with van der Waals surface area (Å²) in [7, 11) is -3.81. The molecule has 1 aromatic rings. The van der Waals surface area contributed by atoms with Gasteiger partial charge in [0.2, 0.25) is 10.0 Å². The highest BCUT2D eigenvalue weighted by Crippen LogP contribution is 2.18. The lowest BCUT2D eigenvalue weighted by Gasteiger charge is -2.31. The first-order chi connectivity index (χ1) is 12.2. The fraction of sp³-hybridized carbons (Fsp3) is 0.412. The maximum Gasteiger partial charge on any atom is 0.303 e. The Morgan fingerprint density at radius 2 is 1.77 bits per heavy atom. The summed E-state index contributed by atoms with van der Waals surface area (Å²) in [6, 6.07) is 6.35. The second-order valence-corrected chi connectivity index (χ2v) is 7.50. The molecule has 1 N–H and O–H groups in total. The summed E-state index contributed by atoms with van der Waals surface area (Å²) < 4.78 is 42.9. The third kappa shape index (κ3) is 5.65. The Morgan fingerprint density at radius 3 is 2.35 bits per heavy atom. The Bertz CT molecular complexity index is 786. The summed E-state index contributed by atoms with van der Waals surface area (Å²) >= 11 is 0. The highest BCUT2D eigenvalue weighted by molar-refractivity contribution is 7.89. The first-order valence-corrected chi connectivity index (χ1v) is 9.39. The molecule has 8 nitrogen and oxygen atoms in total. The third-order valence-corrected chi connectivity index (χ3v) is 4.95. The van der Waals surface area contributed by atoms with Crippen molar-refractivity contribution in [2.45, 2.75) is 44.1 Å². The number of ether oxygens (including phenoxy) is 3. The van der Waals surface area contributed by atoms with Gasteiger partial charge in [-0.2, -0.15) is 4.72 Å². The molecule has 142 valence electrons. The molecule has 1 aliphatic heterocycles. The van der Waals surface area contributed by atoms with Crippen molar-refractivity contribution >= 4 is 22.0 Å². The van der Waals surface area contributed by atoms with Crippen molar-refractivity contribution in [2.24, 2.45) is 0 Å². The molecule has 0 unspecified atom stereocenters. The summed E-state index contributed by atoms with van der Waals surface area (Å²) in [4.78, 5) is 22.3. The minimum atomic E-state index is -3.81. The van der Waals surface area contributed by atoms with Crippen LogP contribution in [0.2, 0.25) is 0 Å². The zero-order chi connectivity index (χ0) is 19.3. The van der Waals surface area contributed by atoms with Gasteiger partial charge in [0.25, 0.3) is 0 Å². The van der Waals surface area contributed by atoms with E-state index in [0.717, 1.165) is 5.56 Å². The van der Waals surface area contributed by atoms with E-state index in [4.69, 9.17) is 14.2 Å². The summed E-state index contributed by atoms with van der Waals surface area (Å²) in [6.07, 6.45) is 0.324. The Hall–Kier alpha value is -2.23. The van der Waals surface area contributed by atoms with Crippen LogP contribution in [-0.4, -0.2) is 45.4 Å². The Kier molecular flexibility index (Phi) is 6.52. The zero-order valence-electron chi connectivity index (χ0n) is 14.7. The molecular formula is C17H21NO7S. The van der Waals surface area contributed by atoms with Crippen LogP contribution in [0, 0.1) is 6.92 Å². The number of carbonyl (C=O) groups is 2. The second-order valence-electron chi connectivity index (χ2n) is 5.79. The van der Waals surface area contributed by atoms with E-state index in [0.29, 0.717) is 0 Å². The molecule has 0 bridgehead atoms. The molecule has 1 aliphatic rings. The molecule has 9 heteroatoms. The van der Waals surface area contributed by atoms with E-state index in [9.17, 15) is 18.0 Å². The number of rotatable bonds is 6. The SMILES string of the molecule is CC(=O)OC[C@H]1O[C@H](NS(=O)(=O)c2ccc(C)cc2)C=C[C@@H]1OC(C)=O. The van der Waals surface area contributed by atoms with Crippen molar-refractivity contribution < 1.29 is 32.2 Å². The molecule has 0 aliphatic carbocycles. The number of aryl methyl sites for hydroxylation is 1. The summed E-state index contributed by atoms with van der Waals surface area (Å²) in [5, 5.41) is 0. The van der Waals surface area contributed by atoms with E-state index in [2.05, 4.69) is 4.72 Å². The molecule has 0 saturated heterocycles. The number of hydrogen-bond acceptors (Lipinski definition) is 7. The van der Waals surface area contributed by atoms with E-state index in [1.165, 1.54) is 38.1 Å². The van der Waals surface area contributed by atoms with Crippen molar-refractivity contribution in [1.82, 2.24) is 4.72 Å². The Morgan fingerprint density at radius 1 is 1.12 bits per heavy atom. The highest BCUT2D eigenvalue weighted by Gasteiger charge is 2.32.